The quantitative estimate of drug-likeness (QED) is 0.382. The van der Waals surface area contributed by atoms with Gasteiger partial charge in [-0.25, -0.2) is 15.8 Å². The first-order valence-corrected chi connectivity index (χ1v) is 7.65. The second kappa shape index (κ2) is 6.58. The van der Waals surface area contributed by atoms with E-state index in [1.807, 2.05) is 24.5 Å². The van der Waals surface area contributed by atoms with Crippen molar-refractivity contribution >= 4 is 29.1 Å². The summed E-state index contributed by atoms with van der Waals surface area (Å²) in [5.74, 6) is 6.94. The number of hydrogen-bond acceptors (Lipinski definition) is 6. The Balaban J connectivity index is 2.49. The van der Waals surface area contributed by atoms with Crippen LogP contribution in [0.3, 0.4) is 0 Å². The average molecular weight is 289 g/mol. The van der Waals surface area contributed by atoms with Crippen LogP contribution in [-0.4, -0.2) is 22.8 Å². The number of nitrogens with zero attached hydrogens (tertiary/aromatic N) is 3. The number of anilines is 3. The Morgan fingerprint density at radius 3 is 2.65 bits per heavy atom. The number of thioether (sulfide) groups is 1. The van der Waals surface area contributed by atoms with Gasteiger partial charge in [-0.3, -0.25) is 0 Å². The molecule has 0 saturated carbocycles. The first kappa shape index (κ1) is 14.6. The largest absolute Gasteiger partial charge is 0.326 e. The number of hydrazine groups is 1. The van der Waals surface area contributed by atoms with Gasteiger partial charge in [-0.2, -0.15) is 0 Å². The molecule has 1 aromatic heterocycles. The van der Waals surface area contributed by atoms with E-state index >= 15 is 0 Å². The Kier molecular flexibility index (Phi) is 4.81. The molecule has 1 aromatic carbocycles. The molecule has 0 radical (unpaired) electrons. The lowest BCUT2D eigenvalue weighted by molar-refractivity contribution is 0.907. The molecule has 3 N–H and O–H groups in total. The van der Waals surface area contributed by atoms with E-state index in [1.165, 1.54) is 17.3 Å². The van der Waals surface area contributed by atoms with E-state index in [1.54, 1.807) is 0 Å². The van der Waals surface area contributed by atoms with Gasteiger partial charge in [0.25, 0.3) is 0 Å². The fraction of sp³-hybridized carbons (Fsp3) is 0.286. The second-order valence-electron chi connectivity index (χ2n) is 4.27. The Hall–Kier alpha value is -1.79. The maximum Gasteiger partial charge on any atom is 0.191 e. The minimum atomic E-state index is 0.617. The molecule has 0 spiro atoms. The number of aryl methyl sites for hydroxylation is 1. The topological polar surface area (TPSA) is 67.1 Å². The SMILES string of the molecule is CCN(c1cc(NN)nc(SC)n1)c1ccccc1C. The number of nitrogens with two attached hydrogens (primary N) is 1. The number of hydrogen-bond donors (Lipinski definition) is 2. The average Bonchev–Trinajstić information content (AvgIpc) is 2.49. The van der Waals surface area contributed by atoms with Crippen LogP contribution in [0.2, 0.25) is 0 Å². The van der Waals surface area contributed by atoms with E-state index < -0.39 is 0 Å². The van der Waals surface area contributed by atoms with E-state index in [0.717, 1.165) is 18.1 Å². The standard InChI is InChI=1S/C14H19N5S/c1-4-19(11-8-6-5-7-10(11)2)13-9-12(18-15)16-14(17-13)20-3/h5-9H,4,15H2,1-3H3,(H,16,17,18). The molecule has 0 aliphatic rings. The number of benzene rings is 1. The maximum atomic E-state index is 5.48. The van der Waals surface area contributed by atoms with Gasteiger partial charge in [0.1, 0.15) is 11.6 Å². The molecule has 0 amide bonds. The summed E-state index contributed by atoms with van der Waals surface area (Å²) in [4.78, 5) is 11.0. The molecule has 6 heteroatoms. The Bertz CT molecular complexity index is 565. The zero-order valence-electron chi connectivity index (χ0n) is 11.9. The Morgan fingerprint density at radius 1 is 1.30 bits per heavy atom. The Labute approximate surface area is 123 Å². The highest BCUT2D eigenvalue weighted by Gasteiger charge is 2.13. The fourth-order valence-corrected chi connectivity index (χ4v) is 2.41. The minimum absolute atomic E-state index is 0.617. The van der Waals surface area contributed by atoms with Gasteiger partial charge in [0.05, 0.1) is 0 Å². The van der Waals surface area contributed by atoms with Crippen LogP contribution in [-0.2, 0) is 0 Å². The molecule has 0 bridgehead atoms. The van der Waals surface area contributed by atoms with Crippen molar-refractivity contribution < 1.29 is 0 Å². The molecular formula is C14H19N5S. The smallest absolute Gasteiger partial charge is 0.191 e. The molecular weight excluding hydrogens is 270 g/mol. The van der Waals surface area contributed by atoms with Crippen molar-refractivity contribution in [2.75, 3.05) is 23.1 Å². The lowest BCUT2D eigenvalue weighted by Gasteiger charge is -2.24. The van der Waals surface area contributed by atoms with Crippen LogP contribution in [0, 0.1) is 6.92 Å². The van der Waals surface area contributed by atoms with Crippen molar-refractivity contribution in [3.05, 3.63) is 35.9 Å². The monoisotopic (exact) mass is 289 g/mol. The summed E-state index contributed by atoms with van der Waals surface area (Å²) in [6.07, 6.45) is 1.95. The van der Waals surface area contributed by atoms with Gasteiger partial charge < -0.3 is 10.3 Å². The van der Waals surface area contributed by atoms with Crippen LogP contribution in [0.15, 0.2) is 35.5 Å². The molecule has 106 valence electrons. The number of para-hydroxylation sites is 1. The van der Waals surface area contributed by atoms with Gasteiger partial charge in [-0.15, -0.1) is 0 Å². The fourth-order valence-electron chi connectivity index (χ4n) is 2.04. The summed E-state index contributed by atoms with van der Waals surface area (Å²) in [6.45, 7) is 5.01. The van der Waals surface area contributed by atoms with Crippen molar-refractivity contribution in [1.82, 2.24) is 9.97 Å². The third-order valence-electron chi connectivity index (χ3n) is 3.02. The molecule has 2 aromatic rings. The summed E-state index contributed by atoms with van der Waals surface area (Å²) >= 11 is 1.50. The zero-order chi connectivity index (χ0) is 14.5. The molecule has 0 fully saturated rings. The summed E-state index contributed by atoms with van der Waals surface area (Å²) in [6, 6.07) is 10.1. The van der Waals surface area contributed by atoms with Gasteiger partial charge in [0.2, 0.25) is 0 Å². The highest BCUT2D eigenvalue weighted by Crippen LogP contribution is 2.28. The normalized spacial score (nSPS) is 10.4. The molecule has 5 nitrogen and oxygen atoms in total. The molecule has 20 heavy (non-hydrogen) atoms. The minimum Gasteiger partial charge on any atom is -0.326 e. The lowest BCUT2D eigenvalue weighted by Crippen LogP contribution is -2.20. The van der Waals surface area contributed by atoms with Crippen LogP contribution >= 0.6 is 11.8 Å². The molecule has 0 aliphatic heterocycles. The third-order valence-corrected chi connectivity index (χ3v) is 3.57. The van der Waals surface area contributed by atoms with Crippen molar-refractivity contribution in [2.45, 2.75) is 19.0 Å². The van der Waals surface area contributed by atoms with Crippen LogP contribution in [0.4, 0.5) is 17.3 Å². The van der Waals surface area contributed by atoms with E-state index in [2.05, 4.69) is 46.3 Å². The van der Waals surface area contributed by atoms with Gasteiger partial charge in [0.15, 0.2) is 5.16 Å². The van der Waals surface area contributed by atoms with Crippen LogP contribution in [0.25, 0.3) is 0 Å². The highest BCUT2D eigenvalue weighted by molar-refractivity contribution is 7.98. The van der Waals surface area contributed by atoms with Crippen molar-refractivity contribution in [2.24, 2.45) is 5.84 Å². The van der Waals surface area contributed by atoms with E-state index in [9.17, 15) is 0 Å². The number of aromatic nitrogens is 2. The summed E-state index contributed by atoms with van der Waals surface area (Å²) < 4.78 is 0. The van der Waals surface area contributed by atoms with E-state index in [4.69, 9.17) is 5.84 Å². The molecule has 0 unspecified atom stereocenters. The number of nitrogen functional groups attached to an aromatic ring is 1. The molecule has 0 atom stereocenters. The second-order valence-corrected chi connectivity index (χ2v) is 5.05. The van der Waals surface area contributed by atoms with Crippen molar-refractivity contribution in [3.63, 3.8) is 0 Å². The van der Waals surface area contributed by atoms with Crippen molar-refractivity contribution in [1.29, 1.82) is 0 Å². The van der Waals surface area contributed by atoms with Crippen LogP contribution in [0.5, 0.6) is 0 Å². The highest BCUT2D eigenvalue weighted by atomic mass is 32.2. The lowest BCUT2D eigenvalue weighted by atomic mass is 10.2. The number of nitrogens with one attached hydrogen (secondary N) is 1. The van der Waals surface area contributed by atoms with Crippen LogP contribution in [0.1, 0.15) is 12.5 Å². The maximum absolute atomic E-state index is 5.48. The summed E-state index contributed by atoms with van der Waals surface area (Å²) in [5, 5.41) is 0.697. The van der Waals surface area contributed by atoms with E-state index in [0.29, 0.717) is 11.0 Å². The molecule has 0 saturated heterocycles. The first-order chi connectivity index (χ1) is 9.69. The zero-order valence-corrected chi connectivity index (χ0v) is 12.7. The van der Waals surface area contributed by atoms with E-state index in [-0.39, 0.29) is 0 Å². The predicted octanol–water partition coefficient (Wildman–Crippen LogP) is 2.95. The predicted molar refractivity (Wildman–Crippen MR) is 85.5 cm³/mol. The Morgan fingerprint density at radius 2 is 2.05 bits per heavy atom. The molecule has 1 heterocycles. The number of rotatable bonds is 5. The summed E-state index contributed by atoms with van der Waals surface area (Å²) in [7, 11) is 0. The van der Waals surface area contributed by atoms with Crippen LogP contribution < -0.4 is 16.2 Å². The summed E-state index contributed by atoms with van der Waals surface area (Å²) in [5.41, 5.74) is 4.95. The first-order valence-electron chi connectivity index (χ1n) is 6.42. The van der Waals surface area contributed by atoms with Gasteiger partial charge in [-0.1, -0.05) is 30.0 Å². The van der Waals surface area contributed by atoms with Gasteiger partial charge in [0, 0.05) is 18.3 Å². The van der Waals surface area contributed by atoms with Gasteiger partial charge in [-0.05, 0) is 31.7 Å². The van der Waals surface area contributed by atoms with Crippen molar-refractivity contribution in [3.8, 4) is 0 Å². The molecule has 0 aliphatic carbocycles. The third kappa shape index (κ3) is 3.02. The van der Waals surface area contributed by atoms with Gasteiger partial charge >= 0.3 is 0 Å². The molecule has 2 rings (SSSR count).